The van der Waals surface area contributed by atoms with Crippen molar-refractivity contribution in [2.75, 3.05) is 23.4 Å². The van der Waals surface area contributed by atoms with Gasteiger partial charge in [0.2, 0.25) is 0 Å². The van der Waals surface area contributed by atoms with Crippen molar-refractivity contribution < 1.29 is 22.3 Å². The van der Waals surface area contributed by atoms with Gasteiger partial charge in [-0.25, -0.2) is 0 Å². The second-order valence-corrected chi connectivity index (χ2v) is 5.71. The molecule has 0 amide bonds. The van der Waals surface area contributed by atoms with E-state index >= 15 is 0 Å². The molecule has 1 atom stereocenters. The summed E-state index contributed by atoms with van der Waals surface area (Å²) in [5, 5.41) is 13.4. The first-order valence-electron chi connectivity index (χ1n) is 5.70. The summed E-state index contributed by atoms with van der Waals surface area (Å²) in [6, 6.07) is 2.26. The molecule has 5 nitrogen and oxygen atoms in total. The largest absolute Gasteiger partial charge is 0.416 e. The van der Waals surface area contributed by atoms with Crippen molar-refractivity contribution >= 4 is 22.2 Å². The molecule has 0 fully saturated rings. The maximum atomic E-state index is 12.5. The molecule has 1 rings (SSSR count). The molecule has 1 unspecified atom stereocenters. The Kier molecular flexibility index (Phi) is 5.49. The van der Waals surface area contributed by atoms with E-state index in [1.807, 2.05) is 0 Å². The number of nitro groups is 1. The van der Waals surface area contributed by atoms with Gasteiger partial charge in [0, 0.05) is 34.9 Å². The molecular weight excluding hydrogens is 297 g/mol. The van der Waals surface area contributed by atoms with Gasteiger partial charge in [0.15, 0.2) is 0 Å². The summed E-state index contributed by atoms with van der Waals surface area (Å²) < 4.78 is 48.6. The second kappa shape index (κ2) is 6.69. The van der Waals surface area contributed by atoms with Gasteiger partial charge in [-0.3, -0.25) is 14.3 Å². The van der Waals surface area contributed by atoms with Crippen LogP contribution < -0.4 is 5.32 Å². The number of hydrogen-bond acceptors (Lipinski definition) is 4. The SMILES string of the molecule is CCS(=O)CCNc1ccc(C(F)(F)F)cc1[N+](=O)[O-]. The van der Waals surface area contributed by atoms with Crippen molar-refractivity contribution in [3.05, 3.63) is 33.9 Å². The molecule has 0 aliphatic rings. The van der Waals surface area contributed by atoms with Crippen molar-refractivity contribution in [1.82, 2.24) is 0 Å². The van der Waals surface area contributed by atoms with Crippen molar-refractivity contribution in [3.63, 3.8) is 0 Å². The molecule has 112 valence electrons. The van der Waals surface area contributed by atoms with Crippen LogP contribution in [0.1, 0.15) is 12.5 Å². The first-order valence-corrected chi connectivity index (χ1v) is 7.19. The number of nitrogens with one attached hydrogen (secondary N) is 1. The molecule has 0 bridgehead atoms. The maximum absolute atomic E-state index is 12.5. The van der Waals surface area contributed by atoms with Gasteiger partial charge in [0.1, 0.15) is 5.69 Å². The molecule has 1 aromatic carbocycles. The fourth-order valence-electron chi connectivity index (χ4n) is 1.45. The van der Waals surface area contributed by atoms with Crippen molar-refractivity contribution in [2.24, 2.45) is 0 Å². The summed E-state index contributed by atoms with van der Waals surface area (Å²) in [4.78, 5) is 9.91. The van der Waals surface area contributed by atoms with Crippen LogP contribution in [0.2, 0.25) is 0 Å². The third-order valence-corrected chi connectivity index (χ3v) is 3.79. The fourth-order valence-corrected chi connectivity index (χ4v) is 2.07. The van der Waals surface area contributed by atoms with Gasteiger partial charge in [-0.15, -0.1) is 0 Å². The highest BCUT2D eigenvalue weighted by Gasteiger charge is 2.32. The van der Waals surface area contributed by atoms with Crippen LogP contribution in [-0.2, 0) is 17.0 Å². The van der Waals surface area contributed by atoms with E-state index in [-0.39, 0.29) is 18.0 Å². The van der Waals surface area contributed by atoms with E-state index in [1.165, 1.54) is 0 Å². The maximum Gasteiger partial charge on any atom is 0.416 e. The van der Waals surface area contributed by atoms with E-state index in [9.17, 15) is 27.5 Å². The number of nitro benzene ring substituents is 1. The molecule has 0 aliphatic heterocycles. The van der Waals surface area contributed by atoms with E-state index in [0.29, 0.717) is 11.8 Å². The second-order valence-electron chi connectivity index (χ2n) is 3.85. The summed E-state index contributed by atoms with van der Waals surface area (Å²) in [6.07, 6.45) is -4.63. The van der Waals surface area contributed by atoms with Gasteiger partial charge in [-0.2, -0.15) is 13.2 Å². The van der Waals surface area contributed by atoms with Crippen LogP contribution in [0, 0.1) is 10.1 Å². The predicted octanol–water partition coefficient (Wildman–Crippen LogP) is 2.79. The van der Waals surface area contributed by atoms with Gasteiger partial charge in [-0.05, 0) is 12.1 Å². The average Bonchev–Trinajstić information content (AvgIpc) is 2.37. The molecule has 0 aromatic heterocycles. The monoisotopic (exact) mass is 310 g/mol. The molecule has 0 aliphatic carbocycles. The number of nitrogens with zero attached hydrogens (tertiary/aromatic N) is 1. The Bertz CT molecular complexity index is 520. The summed E-state index contributed by atoms with van der Waals surface area (Å²) in [7, 11) is -1.05. The molecule has 20 heavy (non-hydrogen) atoms. The molecule has 0 spiro atoms. The predicted molar refractivity (Wildman–Crippen MR) is 70.1 cm³/mol. The topological polar surface area (TPSA) is 72.2 Å². The highest BCUT2D eigenvalue weighted by atomic mass is 32.2. The summed E-state index contributed by atoms with van der Waals surface area (Å²) in [6.45, 7) is 1.92. The van der Waals surface area contributed by atoms with Gasteiger partial charge in [-0.1, -0.05) is 6.92 Å². The first-order chi connectivity index (χ1) is 9.25. The van der Waals surface area contributed by atoms with Crippen LogP contribution in [0.3, 0.4) is 0 Å². The number of halogens is 3. The number of rotatable bonds is 6. The molecule has 0 radical (unpaired) electrons. The van der Waals surface area contributed by atoms with Gasteiger partial charge in [0.05, 0.1) is 10.5 Å². The highest BCUT2D eigenvalue weighted by molar-refractivity contribution is 7.84. The zero-order chi connectivity index (χ0) is 15.3. The Morgan fingerprint density at radius 2 is 2.05 bits per heavy atom. The minimum Gasteiger partial charge on any atom is -0.379 e. The van der Waals surface area contributed by atoms with Crippen LogP contribution >= 0.6 is 0 Å². The molecule has 1 N–H and O–H groups in total. The van der Waals surface area contributed by atoms with Gasteiger partial charge < -0.3 is 5.32 Å². The Hall–Kier alpha value is -1.64. The third kappa shape index (κ3) is 4.48. The quantitative estimate of drug-likeness (QED) is 0.648. The first kappa shape index (κ1) is 16.4. The summed E-state index contributed by atoms with van der Waals surface area (Å²) in [5.41, 5.74) is -1.75. The van der Waals surface area contributed by atoms with Crippen molar-refractivity contribution in [2.45, 2.75) is 13.1 Å². The molecule has 1 aromatic rings. The van der Waals surface area contributed by atoms with Crippen LogP contribution in [0.5, 0.6) is 0 Å². The van der Waals surface area contributed by atoms with E-state index < -0.39 is 33.2 Å². The Balaban J connectivity index is 2.91. The van der Waals surface area contributed by atoms with E-state index in [4.69, 9.17) is 0 Å². The van der Waals surface area contributed by atoms with Gasteiger partial charge >= 0.3 is 6.18 Å². The molecular formula is C11H13F3N2O3S. The fraction of sp³-hybridized carbons (Fsp3) is 0.455. The number of alkyl halides is 3. The van der Waals surface area contributed by atoms with Crippen LogP contribution in [0.25, 0.3) is 0 Å². The number of anilines is 1. The Labute approximate surface area is 115 Å². The summed E-state index contributed by atoms with van der Waals surface area (Å²) in [5.74, 6) is 0.728. The molecule has 0 saturated heterocycles. The number of benzene rings is 1. The average molecular weight is 310 g/mol. The minimum absolute atomic E-state index is 0.0175. The minimum atomic E-state index is -4.63. The van der Waals surface area contributed by atoms with E-state index in [2.05, 4.69) is 5.32 Å². The molecule has 9 heteroatoms. The zero-order valence-corrected chi connectivity index (χ0v) is 11.4. The Morgan fingerprint density at radius 1 is 1.40 bits per heavy atom. The lowest BCUT2D eigenvalue weighted by molar-refractivity contribution is -0.384. The Morgan fingerprint density at radius 3 is 2.55 bits per heavy atom. The molecule has 0 heterocycles. The van der Waals surface area contributed by atoms with E-state index in [0.717, 1.165) is 12.1 Å². The van der Waals surface area contributed by atoms with E-state index in [1.54, 1.807) is 6.92 Å². The lowest BCUT2D eigenvalue weighted by Crippen LogP contribution is -2.13. The zero-order valence-electron chi connectivity index (χ0n) is 10.6. The van der Waals surface area contributed by atoms with Crippen LogP contribution in [-0.4, -0.2) is 27.2 Å². The van der Waals surface area contributed by atoms with Gasteiger partial charge in [0.25, 0.3) is 5.69 Å². The lowest BCUT2D eigenvalue weighted by Gasteiger charge is -2.10. The highest BCUT2D eigenvalue weighted by Crippen LogP contribution is 2.34. The summed E-state index contributed by atoms with van der Waals surface area (Å²) >= 11 is 0. The number of hydrogen-bond donors (Lipinski definition) is 1. The standard InChI is InChI=1S/C11H13F3N2O3S/c1-2-20(19)6-5-15-9-4-3-8(11(12,13)14)7-10(9)16(17)18/h3-4,7,15H,2,5-6H2,1H3. The van der Waals surface area contributed by atoms with Crippen LogP contribution in [0.15, 0.2) is 18.2 Å². The van der Waals surface area contributed by atoms with Crippen molar-refractivity contribution in [3.8, 4) is 0 Å². The normalized spacial score (nSPS) is 13.0. The lowest BCUT2D eigenvalue weighted by atomic mass is 10.1. The van der Waals surface area contributed by atoms with Crippen molar-refractivity contribution in [1.29, 1.82) is 0 Å². The molecule has 0 saturated carbocycles. The van der Waals surface area contributed by atoms with Crippen LogP contribution in [0.4, 0.5) is 24.5 Å². The smallest absolute Gasteiger partial charge is 0.379 e. The third-order valence-electron chi connectivity index (χ3n) is 2.49.